The van der Waals surface area contributed by atoms with Crippen LogP contribution in [0.25, 0.3) is 11.5 Å². The zero-order valence-corrected chi connectivity index (χ0v) is 16.9. The Morgan fingerprint density at radius 3 is 2.77 bits per heavy atom. The molecule has 0 spiro atoms. The van der Waals surface area contributed by atoms with Crippen LogP contribution >= 0.6 is 0 Å². The van der Waals surface area contributed by atoms with Crippen molar-refractivity contribution in [2.45, 2.75) is 13.3 Å². The Kier molecular flexibility index (Phi) is 5.63. The highest BCUT2D eigenvalue weighted by Crippen LogP contribution is 2.24. The van der Waals surface area contributed by atoms with E-state index in [9.17, 15) is 13.6 Å². The van der Waals surface area contributed by atoms with E-state index >= 15 is 0 Å². The number of nitrogens with one attached hydrogen (secondary N) is 2. The lowest BCUT2D eigenvalue weighted by atomic mass is 10.1. The number of likely N-dealkylation sites (N-methyl/N-ethyl adjacent to an activating group) is 1. The Bertz CT molecular complexity index is 1150. The Hall–Kier alpha value is -3.79. The van der Waals surface area contributed by atoms with Crippen LogP contribution in [-0.4, -0.2) is 34.5 Å². The molecule has 3 aromatic rings. The van der Waals surface area contributed by atoms with Crippen LogP contribution in [0.3, 0.4) is 0 Å². The van der Waals surface area contributed by atoms with Gasteiger partial charge in [-0.25, -0.2) is 8.78 Å². The monoisotopic (exact) mass is 426 g/mol. The van der Waals surface area contributed by atoms with E-state index in [1.54, 1.807) is 29.4 Å². The molecule has 0 fully saturated rings. The summed E-state index contributed by atoms with van der Waals surface area (Å²) in [6.45, 7) is 2.26. The van der Waals surface area contributed by atoms with Crippen molar-refractivity contribution >= 4 is 11.6 Å². The van der Waals surface area contributed by atoms with Crippen molar-refractivity contribution in [3.8, 4) is 11.5 Å². The number of anilines is 1. The maximum absolute atomic E-state index is 13.4. The molecule has 2 heterocycles. The van der Waals surface area contributed by atoms with E-state index < -0.39 is 11.6 Å². The molecule has 160 valence electrons. The molecular formula is C21H20F2N6O2. The van der Waals surface area contributed by atoms with Gasteiger partial charge in [-0.1, -0.05) is 16.8 Å². The summed E-state index contributed by atoms with van der Waals surface area (Å²) in [6.07, 6.45) is 3.83. The number of carbonyl (C=O) groups excluding carboxylic acids is 1. The molecule has 1 amide bonds. The molecule has 1 aliphatic heterocycles. The number of carbonyl (C=O) groups is 1. The molecule has 4 rings (SSSR count). The first-order valence-corrected chi connectivity index (χ1v) is 9.53. The molecule has 0 saturated heterocycles. The van der Waals surface area contributed by atoms with Crippen LogP contribution in [0.4, 0.5) is 14.5 Å². The lowest BCUT2D eigenvalue weighted by Gasteiger charge is -2.23. The number of rotatable bonds is 6. The number of aromatic nitrogens is 2. The van der Waals surface area contributed by atoms with E-state index in [1.807, 2.05) is 25.1 Å². The van der Waals surface area contributed by atoms with Crippen molar-refractivity contribution in [2.75, 3.05) is 18.6 Å². The molecule has 31 heavy (non-hydrogen) atoms. The fourth-order valence-electron chi connectivity index (χ4n) is 3.10. The van der Waals surface area contributed by atoms with Gasteiger partial charge in [0, 0.05) is 38.0 Å². The molecule has 2 aromatic carbocycles. The fourth-order valence-corrected chi connectivity index (χ4v) is 3.10. The summed E-state index contributed by atoms with van der Waals surface area (Å²) in [5.41, 5.74) is 8.28. The third kappa shape index (κ3) is 4.38. The quantitative estimate of drug-likeness (QED) is 0.627. The van der Waals surface area contributed by atoms with Crippen molar-refractivity contribution in [3.05, 3.63) is 77.4 Å². The molecule has 0 atom stereocenters. The van der Waals surface area contributed by atoms with Gasteiger partial charge in [-0.05, 0) is 37.3 Å². The lowest BCUT2D eigenvalue weighted by molar-refractivity contribution is 0.0796. The van der Waals surface area contributed by atoms with Gasteiger partial charge in [-0.3, -0.25) is 9.80 Å². The second-order valence-corrected chi connectivity index (χ2v) is 7.08. The molecule has 0 bridgehead atoms. The standard InChI is InChI=1S/C21H20F2N6O2/c1-13-3-6-18(29-10-8-24-27-29)15(11-13)21(30)28(2)9-7-19-25-20(31-26-19)14-4-5-16(22)17(23)12-14/h3-6,8,10-12,24,27H,7,9H2,1-2H3. The minimum absolute atomic E-state index is 0.0863. The number of halogens is 2. The zero-order chi connectivity index (χ0) is 22.0. The summed E-state index contributed by atoms with van der Waals surface area (Å²) in [5, 5.41) is 5.58. The second kappa shape index (κ2) is 8.52. The lowest BCUT2D eigenvalue weighted by Crippen LogP contribution is -2.37. The summed E-state index contributed by atoms with van der Waals surface area (Å²) in [4.78, 5) is 18.9. The molecule has 8 nitrogen and oxygen atoms in total. The average Bonchev–Trinajstić information content (AvgIpc) is 3.45. The number of aryl methyl sites for hydroxylation is 1. The van der Waals surface area contributed by atoms with Gasteiger partial charge in [0.25, 0.3) is 11.8 Å². The number of hydrogen-bond donors (Lipinski definition) is 2. The fraction of sp³-hybridized carbons (Fsp3) is 0.190. The third-order valence-electron chi connectivity index (χ3n) is 4.79. The number of amides is 1. The summed E-state index contributed by atoms with van der Waals surface area (Å²) in [5.74, 6) is -1.66. The molecule has 0 aliphatic carbocycles. The summed E-state index contributed by atoms with van der Waals surface area (Å²) in [7, 11) is 1.69. The topological polar surface area (TPSA) is 86.5 Å². The number of nitrogens with zero attached hydrogens (tertiary/aromatic N) is 4. The number of benzene rings is 2. The number of hydrazine groups is 2. The minimum atomic E-state index is -0.992. The Morgan fingerprint density at radius 1 is 1.19 bits per heavy atom. The van der Waals surface area contributed by atoms with Gasteiger partial charge in [0.05, 0.1) is 11.3 Å². The van der Waals surface area contributed by atoms with Crippen molar-refractivity contribution in [2.24, 2.45) is 0 Å². The molecule has 0 unspecified atom stereocenters. The first-order valence-electron chi connectivity index (χ1n) is 9.53. The molecule has 1 aliphatic rings. The highest BCUT2D eigenvalue weighted by atomic mass is 19.2. The van der Waals surface area contributed by atoms with E-state index in [2.05, 4.69) is 21.1 Å². The summed E-state index contributed by atoms with van der Waals surface area (Å²) in [6, 6.07) is 8.99. The normalized spacial score (nSPS) is 12.8. The van der Waals surface area contributed by atoms with Gasteiger partial charge < -0.3 is 14.8 Å². The average molecular weight is 426 g/mol. The molecular weight excluding hydrogens is 406 g/mol. The first kappa shape index (κ1) is 20.5. The molecule has 10 heteroatoms. The number of hydrogen-bond acceptors (Lipinski definition) is 7. The molecule has 0 saturated carbocycles. The van der Waals surface area contributed by atoms with Crippen molar-refractivity contribution in [1.82, 2.24) is 26.0 Å². The van der Waals surface area contributed by atoms with Crippen LogP contribution in [0, 0.1) is 18.6 Å². The highest BCUT2D eigenvalue weighted by Gasteiger charge is 2.21. The molecule has 1 aromatic heterocycles. The Labute approximate surface area is 177 Å². The van der Waals surface area contributed by atoms with Gasteiger partial charge in [-0.2, -0.15) is 4.98 Å². The SMILES string of the molecule is Cc1ccc(N2C=CNN2)c(C(=O)N(C)CCc2noc(-c3ccc(F)c(F)c3)n2)c1. The Morgan fingerprint density at radius 2 is 2.03 bits per heavy atom. The van der Waals surface area contributed by atoms with Crippen LogP contribution in [0.2, 0.25) is 0 Å². The van der Waals surface area contributed by atoms with Crippen molar-refractivity contribution in [3.63, 3.8) is 0 Å². The Balaban J connectivity index is 1.45. The van der Waals surface area contributed by atoms with Crippen molar-refractivity contribution in [1.29, 1.82) is 0 Å². The summed E-state index contributed by atoms with van der Waals surface area (Å²) >= 11 is 0. The van der Waals surface area contributed by atoms with Gasteiger partial charge in [0.2, 0.25) is 0 Å². The van der Waals surface area contributed by atoms with E-state index in [0.717, 1.165) is 17.7 Å². The maximum atomic E-state index is 13.4. The predicted octanol–water partition coefficient (Wildman–Crippen LogP) is 2.94. The van der Waals surface area contributed by atoms with Crippen LogP contribution < -0.4 is 16.0 Å². The smallest absolute Gasteiger partial charge is 0.258 e. The first-order chi connectivity index (χ1) is 14.9. The van der Waals surface area contributed by atoms with Gasteiger partial charge >= 0.3 is 0 Å². The largest absolute Gasteiger partial charge is 0.341 e. The van der Waals surface area contributed by atoms with E-state index in [-0.39, 0.29) is 17.4 Å². The van der Waals surface area contributed by atoms with Crippen molar-refractivity contribution < 1.29 is 18.1 Å². The maximum Gasteiger partial charge on any atom is 0.258 e. The summed E-state index contributed by atoms with van der Waals surface area (Å²) < 4.78 is 31.7. The van der Waals surface area contributed by atoms with E-state index in [1.165, 1.54) is 6.07 Å². The second-order valence-electron chi connectivity index (χ2n) is 7.08. The van der Waals surface area contributed by atoms with E-state index in [0.29, 0.717) is 30.0 Å². The minimum Gasteiger partial charge on any atom is -0.341 e. The van der Waals surface area contributed by atoms with Crippen LogP contribution in [0.5, 0.6) is 0 Å². The third-order valence-corrected chi connectivity index (χ3v) is 4.79. The van der Waals surface area contributed by atoms with Crippen LogP contribution in [0.15, 0.2) is 53.3 Å². The van der Waals surface area contributed by atoms with Crippen LogP contribution in [-0.2, 0) is 6.42 Å². The molecule has 0 radical (unpaired) electrons. The van der Waals surface area contributed by atoms with Gasteiger partial charge in [-0.15, -0.1) is 5.53 Å². The highest BCUT2D eigenvalue weighted by molar-refractivity contribution is 6.00. The zero-order valence-electron chi connectivity index (χ0n) is 16.9. The van der Waals surface area contributed by atoms with E-state index in [4.69, 9.17) is 4.52 Å². The van der Waals surface area contributed by atoms with Gasteiger partial charge in [0.15, 0.2) is 17.5 Å². The molecule has 2 N–H and O–H groups in total. The predicted molar refractivity (Wildman–Crippen MR) is 109 cm³/mol. The van der Waals surface area contributed by atoms with Crippen LogP contribution in [0.1, 0.15) is 21.7 Å². The van der Waals surface area contributed by atoms with Gasteiger partial charge in [0.1, 0.15) is 0 Å².